The fourth-order valence-corrected chi connectivity index (χ4v) is 6.00. The molecule has 1 unspecified atom stereocenters. The molecule has 2 heterocycles. The van der Waals surface area contributed by atoms with Crippen LogP contribution < -0.4 is 4.90 Å². The first-order chi connectivity index (χ1) is 16.0. The molecule has 2 aliphatic heterocycles. The van der Waals surface area contributed by atoms with Crippen molar-refractivity contribution in [2.24, 2.45) is 5.92 Å². The lowest BCUT2D eigenvalue weighted by molar-refractivity contribution is -0.143. The third-order valence-electron chi connectivity index (χ3n) is 7.90. The van der Waals surface area contributed by atoms with E-state index in [2.05, 4.69) is 14.7 Å². The number of nitrogens with zero attached hydrogens (tertiary/aromatic N) is 3. The highest BCUT2D eigenvalue weighted by atomic mass is 35.5. The summed E-state index contributed by atoms with van der Waals surface area (Å²) in [4.78, 5) is 20.5. The summed E-state index contributed by atoms with van der Waals surface area (Å²) in [6.07, 6.45) is 5.23. The summed E-state index contributed by atoms with van der Waals surface area (Å²) in [5, 5.41) is 0.716. The van der Waals surface area contributed by atoms with Gasteiger partial charge < -0.3 is 9.80 Å². The van der Waals surface area contributed by atoms with Crippen LogP contribution in [0.1, 0.15) is 37.7 Å². The van der Waals surface area contributed by atoms with Gasteiger partial charge in [0, 0.05) is 50.8 Å². The maximum Gasteiger partial charge on any atom is 0.233 e. The molecule has 1 atom stereocenters. The van der Waals surface area contributed by atoms with Crippen LogP contribution in [0, 0.1) is 11.7 Å². The average molecular weight is 470 g/mol. The summed E-state index contributed by atoms with van der Waals surface area (Å²) in [5.41, 5.74) is 1.48. The zero-order valence-electron chi connectivity index (χ0n) is 19.2. The van der Waals surface area contributed by atoms with E-state index in [9.17, 15) is 9.18 Å². The maximum atomic E-state index is 14.1. The lowest BCUT2D eigenvalue weighted by Crippen LogP contribution is -2.55. The molecule has 3 aliphatic rings. The molecule has 176 valence electrons. The number of piperazine rings is 1. The molecule has 33 heavy (non-hydrogen) atoms. The number of hydrogen-bond donors (Lipinski definition) is 0. The van der Waals surface area contributed by atoms with Crippen molar-refractivity contribution in [3.8, 4) is 0 Å². The van der Waals surface area contributed by atoms with Gasteiger partial charge in [-0.25, -0.2) is 4.39 Å². The highest BCUT2D eigenvalue weighted by Gasteiger charge is 2.48. The summed E-state index contributed by atoms with van der Waals surface area (Å²) in [7, 11) is 0. The lowest BCUT2D eigenvalue weighted by Gasteiger charge is -2.46. The van der Waals surface area contributed by atoms with Gasteiger partial charge in [-0.15, -0.1) is 0 Å². The predicted molar refractivity (Wildman–Crippen MR) is 131 cm³/mol. The fraction of sp³-hybridized carbons (Fsp3) is 0.519. The van der Waals surface area contributed by atoms with E-state index < -0.39 is 0 Å². The van der Waals surface area contributed by atoms with E-state index in [1.807, 2.05) is 36.4 Å². The van der Waals surface area contributed by atoms with E-state index in [1.165, 1.54) is 12.5 Å². The molecular weight excluding hydrogens is 437 g/mol. The van der Waals surface area contributed by atoms with Gasteiger partial charge in [-0.3, -0.25) is 9.69 Å². The van der Waals surface area contributed by atoms with E-state index in [-0.39, 0.29) is 11.2 Å². The number of amides is 1. The molecule has 0 aromatic heterocycles. The van der Waals surface area contributed by atoms with Gasteiger partial charge in [0.05, 0.1) is 11.1 Å². The normalized spacial score (nSPS) is 23.3. The van der Waals surface area contributed by atoms with Crippen LogP contribution in [0.5, 0.6) is 0 Å². The van der Waals surface area contributed by atoms with Crippen LogP contribution in [-0.2, 0) is 10.2 Å². The summed E-state index contributed by atoms with van der Waals surface area (Å²) in [6, 6.07) is 14.9. The molecule has 1 amide bonds. The van der Waals surface area contributed by atoms with Crippen molar-refractivity contribution in [2.45, 2.75) is 37.5 Å². The number of hydrogen-bond acceptors (Lipinski definition) is 3. The standard InChI is InChI=1S/C27H33ClFN3O/c28-23-10-8-22(9-11-23)27(12-4-13-27)26(33)32-14-3-5-21(20-32)19-30-15-17-31(18-16-30)25-7-2-1-6-24(25)29/h1-2,6-11,21H,3-5,12-20H2. The molecule has 1 aliphatic carbocycles. The molecule has 4 nitrogen and oxygen atoms in total. The van der Waals surface area contributed by atoms with Crippen LogP contribution in [0.4, 0.5) is 10.1 Å². The monoisotopic (exact) mass is 469 g/mol. The van der Waals surface area contributed by atoms with Crippen LogP contribution in [0.15, 0.2) is 48.5 Å². The number of piperidine rings is 1. The number of likely N-dealkylation sites (tertiary alicyclic amines) is 1. The maximum absolute atomic E-state index is 14.1. The Labute approximate surface area is 201 Å². The number of halogens is 2. The Balaban J connectivity index is 1.18. The first-order valence-electron chi connectivity index (χ1n) is 12.3. The van der Waals surface area contributed by atoms with Gasteiger partial charge >= 0.3 is 0 Å². The van der Waals surface area contributed by atoms with Gasteiger partial charge in [-0.1, -0.05) is 42.3 Å². The Morgan fingerprint density at radius 3 is 2.36 bits per heavy atom. The summed E-state index contributed by atoms with van der Waals surface area (Å²) in [6.45, 7) is 6.29. The van der Waals surface area contributed by atoms with Gasteiger partial charge in [0.25, 0.3) is 0 Å². The average Bonchev–Trinajstić information content (AvgIpc) is 2.81. The van der Waals surface area contributed by atoms with Crippen molar-refractivity contribution in [1.82, 2.24) is 9.80 Å². The number of rotatable bonds is 5. The van der Waals surface area contributed by atoms with Crippen LogP contribution in [-0.4, -0.2) is 61.5 Å². The van der Waals surface area contributed by atoms with E-state index >= 15 is 0 Å². The first kappa shape index (κ1) is 22.7. The second kappa shape index (κ2) is 9.63. The minimum absolute atomic E-state index is 0.141. The Morgan fingerprint density at radius 2 is 1.70 bits per heavy atom. The van der Waals surface area contributed by atoms with Crippen molar-refractivity contribution >= 4 is 23.2 Å². The molecule has 0 bridgehead atoms. The molecule has 1 saturated carbocycles. The Morgan fingerprint density at radius 1 is 0.970 bits per heavy atom. The van der Waals surface area contributed by atoms with Gasteiger partial charge in [-0.05, 0) is 61.4 Å². The topological polar surface area (TPSA) is 26.8 Å². The molecule has 2 aromatic rings. The molecule has 0 radical (unpaired) electrons. The van der Waals surface area contributed by atoms with E-state index in [1.54, 1.807) is 6.07 Å². The largest absolute Gasteiger partial charge is 0.367 e. The van der Waals surface area contributed by atoms with Crippen molar-refractivity contribution < 1.29 is 9.18 Å². The number of anilines is 1. The zero-order chi connectivity index (χ0) is 22.8. The lowest BCUT2D eigenvalue weighted by atomic mass is 9.63. The van der Waals surface area contributed by atoms with Crippen molar-refractivity contribution in [1.29, 1.82) is 0 Å². The molecule has 0 N–H and O–H groups in total. The smallest absolute Gasteiger partial charge is 0.233 e. The first-order valence-corrected chi connectivity index (χ1v) is 12.7. The molecule has 2 aromatic carbocycles. The molecule has 0 spiro atoms. The highest BCUT2D eigenvalue weighted by molar-refractivity contribution is 6.30. The molecule has 6 heteroatoms. The predicted octanol–water partition coefficient (Wildman–Crippen LogP) is 4.96. The minimum Gasteiger partial charge on any atom is -0.367 e. The van der Waals surface area contributed by atoms with Gasteiger partial charge in [0.1, 0.15) is 5.82 Å². The molecule has 2 saturated heterocycles. The quantitative estimate of drug-likeness (QED) is 0.619. The van der Waals surface area contributed by atoms with E-state index in [4.69, 9.17) is 11.6 Å². The number of benzene rings is 2. The fourth-order valence-electron chi connectivity index (χ4n) is 5.87. The zero-order valence-corrected chi connectivity index (χ0v) is 19.9. The van der Waals surface area contributed by atoms with E-state index in [0.29, 0.717) is 22.5 Å². The SMILES string of the molecule is O=C(N1CCCC(CN2CCN(c3ccccc3F)CC2)C1)C1(c2ccc(Cl)cc2)CCC1. The number of para-hydroxylation sites is 1. The van der Waals surface area contributed by atoms with E-state index in [0.717, 1.165) is 77.1 Å². The van der Waals surface area contributed by atoms with Crippen molar-refractivity contribution in [2.75, 3.05) is 50.7 Å². The number of carbonyl (C=O) groups excluding carboxylic acids is 1. The molecular formula is C27H33ClFN3O. The summed E-state index contributed by atoms with van der Waals surface area (Å²) in [5.74, 6) is 0.674. The molecule has 5 rings (SSSR count). The van der Waals surface area contributed by atoms with Crippen LogP contribution in [0.2, 0.25) is 5.02 Å². The summed E-state index contributed by atoms with van der Waals surface area (Å²) >= 11 is 6.09. The van der Waals surface area contributed by atoms with Gasteiger partial charge in [0.15, 0.2) is 0 Å². The minimum atomic E-state index is -0.349. The third-order valence-corrected chi connectivity index (χ3v) is 8.15. The Bertz CT molecular complexity index is 970. The molecule has 3 fully saturated rings. The third kappa shape index (κ3) is 4.63. The second-order valence-electron chi connectivity index (χ2n) is 9.94. The Kier molecular flexibility index (Phi) is 6.62. The number of carbonyl (C=O) groups is 1. The van der Waals surface area contributed by atoms with Crippen molar-refractivity contribution in [3.05, 3.63) is 64.9 Å². The van der Waals surface area contributed by atoms with Gasteiger partial charge in [0.2, 0.25) is 5.91 Å². The second-order valence-corrected chi connectivity index (χ2v) is 10.4. The van der Waals surface area contributed by atoms with Crippen LogP contribution in [0.3, 0.4) is 0 Å². The van der Waals surface area contributed by atoms with Crippen LogP contribution >= 0.6 is 11.6 Å². The Hall–Kier alpha value is -2.11. The van der Waals surface area contributed by atoms with Crippen LogP contribution in [0.25, 0.3) is 0 Å². The van der Waals surface area contributed by atoms with Crippen molar-refractivity contribution in [3.63, 3.8) is 0 Å². The highest BCUT2D eigenvalue weighted by Crippen LogP contribution is 2.46. The summed E-state index contributed by atoms with van der Waals surface area (Å²) < 4.78 is 14.1. The van der Waals surface area contributed by atoms with Gasteiger partial charge in [-0.2, -0.15) is 0 Å².